The quantitative estimate of drug-likeness (QED) is 0.827. The molecule has 1 aromatic rings. The Bertz CT molecular complexity index is 461. The van der Waals surface area contributed by atoms with Gasteiger partial charge in [-0.3, -0.25) is 9.59 Å². The van der Waals surface area contributed by atoms with Crippen molar-refractivity contribution in [1.29, 1.82) is 0 Å². The minimum absolute atomic E-state index is 0. The number of carbonyl (C=O) groups excluding carboxylic acids is 2. The molecule has 0 aliphatic rings. The van der Waals surface area contributed by atoms with Crippen LogP contribution in [0.1, 0.15) is 13.3 Å². The lowest BCUT2D eigenvalue weighted by atomic mass is 10.2. The summed E-state index contributed by atoms with van der Waals surface area (Å²) in [7, 11) is 3.34. The average Bonchev–Trinajstić information content (AvgIpc) is 2.36. The van der Waals surface area contributed by atoms with Gasteiger partial charge in [0.25, 0.3) is 5.91 Å². The van der Waals surface area contributed by atoms with E-state index in [2.05, 4.69) is 5.32 Å². The van der Waals surface area contributed by atoms with Crippen LogP contribution in [0.2, 0.25) is 0 Å². The molecule has 6 nitrogen and oxygen atoms in total. The zero-order valence-corrected chi connectivity index (χ0v) is 13.3. The van der Waals surface area contributed by atoms with Crippen molar-refractivity contribution >= 4 is 29.9 Å². The number of rotatable bonds is 6. The summed E-state index contributed by atoms with van der Waals surface area (Å²) < 4.78 is 5.33. The zero-order valence-electron chi connectivity index (χ0n) is 12.5. The molecule has 3 N–H and O–H groups in total. The van der Waals surface area contributed by atoms with Crippen LogP contribution in [0, 0.1) is 0 Å². The van der Waals surface area contributed by atoms with Gasteiger partial charge in [-0.25, -0.2) is 0 Å². The number of hydrogen-bond donors (Lipinski definition) is 2. The standard InChI is InChI=1S/C14H21N3O3.ClH/c1-10(15)8-13(18)16-11-4-6-12(7-5-11)20-9-14(19)17(2)3;/h4-7,10H,8-9,15H2,1-3H3,(H,16,18);1H. The number of amides is 2. The number of likely N-dealkylation sites (N-methyl/N-ethyl adjacent to an activating group) is 1. The molecule has 0 bridgehead atoms. The Balaban J connectivity index is 0.00000400. The molecule has 0 aromatic heterocycles. The van der Waals surface area contributed by atoms with Gasteiger partial charge in [-0.2, -0.15) is 0 Å². The summed E-state index contributed by atoms with van der Waals surface area (Å²) in [5, 5.41) is 2.73. The Morgan fingerprint density at radius 3 is 2.33 bits per heavy atom. The lowest BCUT2D eigenvalue weighted by Crippen LogP contribution is -2.27. The molecular formula is C14H22ClN3O3. The Morgan fingerprint density at radius 1 is 1.29 bits per heavy atom. The number of ether oxygens (including phenoxy) is 1. The lowest BCUT2D eigenvalue weighted by Gasteiger charge is -2.12. The average molecular weight is 316 g/mol. The van der Waals surface area contributed by atoms with E-state index < -0.39 is 0 Å². The molecular weight excluding hydrogens is 294 g/mol. The van der Waals surface area contributed by atoms with Crippen LogP contribution < -0.4 is 15.8 Å². The highest BCUT2D eigenvalue weighted by Gasteiger charge is 2.07. The van der Waals surface area contributed by atoms with E-state index in [1.807, 2.05) is 0 Å². The van der Waals surface area contributed by atoms with Crippen molar-refractivity contribution in [3.05, 3.63) is 24.3 Å². The highest BCUT2D eigenvalue weighted by atomic mass is 35.5. The summed E-state index contributed by atoms with van der Waals surface area (Å²) in [6.45, 7) is 1.77. The van der Waals surface area contributed by atoms with Crippen LogP contribution in [0.25, 0.3) is 0 Å². The molecule has 1 unspecified atom stereocenters. The smallest absolute Gasteiger partial charge is 0.259 e. The summed E-state index contributed by atoms with van der Waals surface area (Å²) in [5.41, 5.74) is 6.22. The lowest BCUT2D eigenvalue weighted by molar-refractivity contribution is -0.130. The summed E-state index contributed by atoms with van der Waals surface area (Å²) >= 11 is 0. The molecule has 0 saturated carbocycles. The SMILES string of the molecule is CC(N)CC(=O)Nc1ccc(OCC(=O)N(C)C)cc1.Cl. The molecule has 0 heterocycles. The van der Waals surface area contributed by atoms with E-state index in [9.17, 15) is 9.59 Å². The predicted octanol–water partition coefficient (Wildman–Crippen LogP) is 1.25. The number of nitrogens with zero attached hydrogens (tertiary/aromatic N) is 1. The molecule has 2 amide bonds. The second-order valence-electron chi connectivity index (χ2n) is 4.83. The molecule has 0 fully saturated rings. The maximum atomic E-state index is 11.5. The molecule has 118 valence electrons. The molecule has 1 atom stereocenters. The normalized spacial score (nSPS) is 11.0. The van der Waals surface area contributed by atoms with E-state index in [1.54, 1.807) is 45.3 Å². The number of carbonyl (C=O) groups is 2. The van der Waals surface area contributed by atoms with Gasteiger partial charge in [0, 0.05) is 32.2 Å². The fourth-order valence-corrected chi connectivity index (χ4v) is 1.41. The van der Waals surface area contributed by atoms with Crippen LogP contribution in [-0.2, 0) is 9.59 Å². The number of hydrogen-bond acceptors (Lipinski definition) is 4. The van der Waals surface area contributed by atoms with Crippen LogP contribution in [0.15, 0.2) is 24.3 Å². The van der Waals surface area contributed by atoms with Gasteiger partial charge in [-0.15, -0.1) is 12.4 Å². The Labute approximate surface area is 131 Å². The first-order valence-electron chi connectivity index (χ1n) is 6.37. The molecule has 0 saturated heterocycles. The first-order valence-corrected chi connectivity index (χ1v) is 6.37. The fourth-order valence-electron chi connectivity index (χ4n) is 1.41. The van der Waals surface area contributed by atoms with E-state index in [0.717, 1.165) is 0 Å². The van der Waals surface area contributed by atoms with Crippen molar-refractivity contribution in [2.75, 3.05) is 26.0 Å². The maximum Gasteiger partial charge on any atom is 0.259 e. The van der Waals surface area contributed by atoms with Crippen molar-refractivity contribution in [3.63, 3.8) is 0 Å². The van der Waals surface area contributed by atoms with Crippen LogP contribution in [-0.4, -0.2) is 43.5 Å². The van der Waals surface area contributed by atoms with Crippen molar-refractivity contribution in [2.45, 2.75) is 19.4 Å². The highest BCUT2D eigenvalue weighted by molar-refractivity contribution is 5.91. The summed E-state index contributed by atoms with van der Waals surface area (Å²) in [4.78, 5) is 24.3. The second kappa shape index (κ2) is 9.20. The molecule has 0 radical (unpaired) electrons. The van der Waals surface area contributed by atoms with Crippen molar-refractivity contribution in [2.24, 2.45) is 5.73 Å². The van der Waals surface area contributed by atoms with Crippen LogP contribution >= 0.6 is 12.4 Å². The van der Waals surface area contributed by atoms with Gasteiger partial charge in [0.1, 0.15) is 5.75 Å². The molecule has 0 aliphatic heterocycles. The predicted molar refractivity (Wildman–Crippen MR) is 84.8 cm³/mol. The van der Waals surface area contributed by atoms with Crippen molar-refractivity contribution in [1.82, 2.24) is 4.90 Å². The van der Waals surface area contributed by atoms with E-state index in [-0.39, 0.29) is 43.3 Å². The largest absolute Gasteiger partial charge is 0.484 e. The van der Waals surface area contributed by atoms with Gasteiger partial charge in [0.15, 0.2) is 6.61 Å². The van der Waals surface area contributed by atoms with E-state index in [0.29, 0.717) is 11.4 Å². The summed E-state index contributed by atoms with van der Waals surface area (Å²) in [6, 6.07) is 6.66. The van der Waals surface area contributed by atoms with E-state index in [4.69, 9.17) is 10.5 Å². The first-order chi connectivity index (χ1) is 9.38. The summed E-state index contributed by atoms with van der Waals surface area (Å²) in [5.74, 6) is 0.334. The number of nitrogens with two attached hydrogens (primary N) is 1. The zero-order chi connectivity index (χ0) is 15.1. The molecule has 1 rings (SSSR count). The van der Waals surface area contributed by atoms with Gasteiger partial charge in [0.05, 0.1) is 0 Å². The highest BCUT2D eigenvalue weighted by Crippen LogP contribution is 2.16. The van der Waals surface area contributed by atoms with Crippen LogP contribution in [0.3, 0.4) is 0 Å². The third-order valence-corrected chi connectivity index (χ3v) is 2.51. The third kappa shape index (κ3) is 7.53. The molecule has 0 aliphatic carbocycles. The van der Waals surface area contributed by atoms with E-state index in [1.165, 1.54) is 4.90 Å². The Kier molecular flexibility index (Phi) is 8.42. The van der Waals surface area contributed by atoms with Gasteiger partial charge in [0.2, 0.25) is 5.91 Å². The van der Waals surface area contributed by atoms with Crippen LogP contribution in [0.4, 0.5) is 5.69 Å². The minimum Gasteiger partial charge on any atom is -0.484 e. The number of halogens is 1. The minimum atomic E-state index is -0.172. The third-order valence-electron chi connectivity index (χ3n) is 2.51. The Hall–Kier alpha value is -1.79. The second-order valence-corrected chi connectivity index (χ2v) is 4.83. The van der Waals surface area contributed by atoms with Gasteiger partial charge < -0.3 is 20.7 Å². The van der Waals surface area contributed by atoms with Gasteiger partial charge in [-0.1, -0.05) is 0 Å². The summed E-state index contributed by atoms with van der Waals surface area (Å²) in [6.07, 6.45) is 0.273. The topological polar surface area (TPSA) is 84.7 Å². The number of nitrogens with one attached hydrogen (secondary N) is 1. The van der Waals surface area contributed by atoms with E-state index >= 15 is 0 Å². The van der Waals surface area contributed by atoms with Crippen LogP contribution in [0.5, 0.6) is 5.75 Å². The van der Waals surface area contributed by atoms with Crippen molar-refractivity contribution < 1.29 is 14.3 Å². The van der Waals surface area contributed by atoms with Gasteiger partial charge >= 0.3 is 0 Å². The maximum absolute atomic E-state index is 11.5. The fraction of sp³-hybridized carbons (Fsp3) is 0.429. The molecule has 0 spiro atoms. The molecule has 7 heteroatoms. The molecule has 1 aromatic carbocycles. The van der Waals surface area contributed by atoms with Crippen molar-refractivity contribution in [3.8, 4) is 5.75 Å². The molecule has 21 heavy (non-hydrogen) atoms. The van der Waals surface area contributed by atoms with Gasteiger partial charge in [-0.05, 0) is 31.2 Å². The first kappa shape index (κ1) is 19.2. The number of benzene rings is 1. The monoisotopic (exact) mass is 315 g/mol. The number of anilines is 1. The Morgan fingerprint density at radius 2 is 1.86 bits per heavy atom.